The van der Waals surface area contributed by atoms with E-state index >= 15 is 0 Å². The number of anilines is 2. The number of benzene rings is 1. The highest BCUT2D eigenvalue weighted by atomic mass is 32.1. The maximum atomic E-state index is 6.36. The monoisotopic (exact) mass is 305 g/mol. The lowest BCUT2D eigenvalue weighted by Crippen LogP contribution is -2.37. The third-order valence-electron chi connectivity index (χ3n) is 3.90. The van der Waals surface area contributed by atoms with Crippen LogP contribution in [0.4, 0.5) is 11.4 Å². The highest BCUT2D eigenvalue weighted by molar-refractivity contribution is 7.18. The number of hydrogen-bond acceptors (Lipinski definition) is 4. The zero-order valence-electron chi connectivity index (χ0n) is 13.8. The van der Waals surface area contributed by atoms with Crippen molar-refractivity contribution >= 4 is 32.9 Å². The Bertz CT molecular complexity index is 599. The molecular weight excluding hydrogens is 278 g/mol. The van der Waals surface area contributed by atoms with Gasteiger partial charge in [-0.25, -0.2) is 4.98 Å². The van der Waals surface area contributed by atoms with Crippen molar-refractivity contribution < 1.29 is 0 Å². The molecule has 0 unspecified atom stereocenters. The summed E-state index contributed by atoms with van der Waals surface area (Å²) in [6.45, 7) is 12.1. The van der Waals surface area contributed by atoms with Crippen LogP contribution < -0.4 is 10.6 Å². The number of nitrogens with zero attached hydrogens (tertiary/aromatic N) is 2. The Morgan fingerprint density at radius 2 is 1.90 bits per heavy atom. The van der Waals surface area contributed by atoms with Crippen molar-refractivity contribution in [3.63, 3.8) is 0 Å². The van der Waals surface area contributed by atoms with E-state index in [9.17, 15) is 0 Å². The number of fused-ring (bicyclic) bond motifs is 1. The maximum Gasteiger partial charge on any atom is 0.0907 e. The fourth-order valence-electron chi connectivity index (χ4n) is 2.91. The fourth-order valence-corrected chi connectivity index (χ4v) is 3.77. The van der Waals surface area contributed by atoms with Crippen molar-refractivity contribution in [2.24, 2.45) is 5.92 Å². The first-order valence-corrected chi connectivity index (χ1v) is 8.71. The summed E-state index contributed by atoms with van der Waals surface area (Å²) >= 11 is 1.71. The van der Waals surface area contributed by atoms with Crippen LogP contribution in [0.2, 0.25) is 0 Å². The second kappa shape index (κ2) is 6.65. The third kappa shape index (κ3) is 3.49. The highest BCUT2D eigenvalue weighted by Crippen LogP contribution is 2.34. The van der Waals surface area contributed by atoms with E-state index in [0.717, 1.165) is 41.3 Å². The van der Waals surface area contributed by atoms with Crippen LogP contribution in [-0.4, -0.2) is 17.6 Å². The molecule has 3 nitrogen and oxygen atoms in total. The van der Waals surface area contributed by atoms with Gasteiger partial charge in [0.1, 0.15) is 0 Å². The molecule has 1 aromatic heterocycles. The van der Waals surface area contributed by atoms with Gasteiger partial charge >= 0.3 is 0 Å². The summed E-state index contributed by atoms with van der Waals surface area (Å²) in [5.74, 6) is 0.609. The molecule has 1 heterocycles. The van der Waals surface area contributed by atoms with Crippen LogP contribution >= 0.6 is 11.3 Å². The van der Waals surface area contributed by atoms with Crippen LogP contribution in [0, 0.1) is 12.8 Å². The summed E-state index contributed by atoms with van der Waals surface area (Å²) in [7, 11) is 0. The van der Waals surface area contributed by atoms with Gasteiger partial charge in [0.05, 0.1) is 26.6 Å². The highest BCUT2D eigenvalue weighted by Gasteiger charge is 2.20. The average Bonchev–Trinajstić information content (AvgIpc) is 2.76. The Labute approximate surface area is 132 Å². The minimum absolute atomic E-state index is 0.534. The molecule has 0 saturated carbocycles. The first-order chi connectivity index (χ1) is 9.96. The van der Waals surface area contributed by atoms with Gasteiger partial charge in [0.15, 0.2) is 0 Å². The van der Waals surface area contributed by atoms with Crippen LogP contribution in [0.5, 0.6) is 0 Å². The Hall–Kier alpha value is -1.29. The van der Waals surface area contributed by atoms with E-state index < -0.39 is 0 Å². The van der Waals surface area contributed by atoms with E-state index in [1.165, 1.54) is 4.70 Å². The van der Waals surface area contributed by atoms with Crippen molar-refractivity contribution in [2.75, 3.05) is 17.2 Å². The van der Waals surface area contributed by atoms with E-state index in [2.05, 4.69) is 49.7 Å². The van der Waals surface area contributed by atoms with E-state index in [0.29, 0.717) is 12.0 Å². The third-order valence-corrected chi connectivity index (χ3v) is 4.83. The standard InChI is InChI=1S/C17H27N3S/c1-6-13(7-2)20(10-11(3)4)16-9-15-17(8-14(16)18)21-12(5)19-15/h8-9,11,13H,6-7,10,18H2,1-5H3. The summed E-state index contributed by atoms with van der Waals surface area (Å²) in [5, 5.41) is 1.10. The molecular formula is C17H27N3S. The summed E-state index contributed by atoms with van der Waals surface area (Å²) < 4.78 is 1.18. The fraction of sp³-hybridized carbons (Fsp3) is 0.588. The van der Waals surface area contributed by atoms with Gasteiger partial charge in [0, 0.05) is 12.6 Å². The van der Waals surface area contributed by atoms with Crippen molar-refractivity contribution in [1.82, 2.24) is 4.98 Å². The summed E-state index contributed by atoms with van der Waals surface area (Å²) in [6, 6.07) is 4.80. The molecule has 0 fully saturated rings. The zero-order valence-corrected chi connectivity index (χ0v) is 14.6. The molecule has 0 aliphatic carbocycles. The van der Waals surface area contributed by atoms with E-state index in [1.54, 1.807) is 11.3 Å². The topological polar surface area (TPSA) is 42.2 Å². The molecule has 21 heavy (non-hydrogen) atoms. The molecule has 1 aromatic carbocycles. The van der Waals surface area contributed by atoms with E-state index in [-0.39, 0.29) is 0 Å². The van der Waals surface area contributed by atoms with Crippen molar-refractivity contribution in [3.05, 3.63) is 17.1 Å². The first kappa shape index (κ1) is 16.1. The summed E-state index contributed by atoms with van der Waals surface area (Å²) in [6.07, 6.45) is 2.27. The lowest BCUT2D eigenvalue weighted by molar-refractivity contribution is 0.508. The Morgan fingerprint density at radius 3 is 2.48 bits per heavy atom. The van der Waals surface area contributed by atoms with Crippen LogP contribution in [0.25, 0.3) is 10.2 Å². The molecule has 0 radical (unpaired) electrons. The lowest BCUT2D eigenvalue weighted by Gasteiger charge is -2.35. The molecule has 0 amide bonds. The average molecular weight is 305 g/mol. The molecule has 2 aromatic rings. The zero-order chi connectivity index (χ0) is 15.6. The van der Waals surface area contributed by atoms with Crippen molar-refractivity contribution in [3.8, 4) is 0 Å². The number of nitrogen functional groups attached to an aromatic ring is 1. The predicted octanol–water partition coefficient (Wildman–Crippen LogP) is 4.84. The Morgan fingerprint density at radius 1 is 1.24 bits per heavy atom. The molecule has 0 bridgehead atoms. The summed E-state index contributed by atoms with van der Waals surface area (Å²) in [5.41, 5.74) is 9.45. The van der Waals surface area contributed by atoms with Gasteiger partial charge in [0.2, 0.25) is 0 Å². The molecule has 0 saturated heterocycles. The quantitative estimate of drug-likeness (QED) is 0.777. The van der Waals surface area contributed by atoms with Crippen LogP contribution in [0.15, 0.2) is 12.1 Å². The minimum atomic E-state index is 0.534. The van der Waals surface area contributed by atoms with Gasteiger partial charge in [-0.05, 0) is 37.8 Å². The number of thiazole rings is 1. The van der Waals surface area contributed by atoms with Gasteiger partial charge in [-0.1, -0.05) is 27.7 Å². The first-order valence-electron chi connectivity index (χ1n) is 7.89. The second-order valence-corrected chi connectivity index (χ2v) is 7.36. The van der Waals surface area contributed by atoms with E-state index in [1.807, 2.05) is 6.92 Å². The number of aryl methyl sites for hydroxylation is 1. The molecule has 116 valence electrons. The molecule has 4 heteroatoms. The number of aromatic nitrogens is 1. The molecule has 0 atom stereocenters. The van der Waals surface area contributed by atoms with Crippen LogP contribution in [0.1, 0.15) is 45.5 Å². The van der Waals surface area contributed by atoms with Gasteiger partial charge in [-0.3, -0.25) is 0 Å². The molecule has 0 aliphatic heterocycles. The maximum absolute atomic E-state index is 6.36. The number of rotatable bonds is 6. The predicted molar refractivity (Wildman–Crippen MR) is 95.3 cm³/mol. The number of hydrogen-bond donors (Lipinski definition) is 1. The molecule has 0 spiro atoms. The van der Waals surface area contributed by atoms with Crippen molar-refractivity contribution in [1.29, 1.82) is 0 Å². The van der Waals surface area contributed by atoms with Crippen LogP contribution in [0.3, 0.4) is 0 Å². The molecule has 2 rings (SSSR count). The Balaban J connectivity index is 2.49. The van der Waals surface area contributed by atoms with Gasteiger partial charge in [0.25, 0.3) is 0 Å². The van der Waals surface area contributed by atoms with Crippen LogP contribution in [-0.2, 0) is 0 Å². The largest absolute Gasteiger partial charge is 0.397 e. The lowest BCUT2D eigenvalue weighted by atomic mass is 10.1. The molecule has 0 aliphatic rings. The van der Waals surface area contributed by atoms with Gasteiger partial charge < -0.3 is 10.6 Å². The Kier molecular flexibility index (Phi) is 5.09. The van der Waals surface area contributed by atoms with Crippen molar-refractivity contribution in [2.45, 2.75) is 53.5 Å². The summed E-state index contributed by atoms with van der Waals surface area (Å²) in [4.78, 5) is 7.10. The smallest absolute Gasteiger partial charge is 0.0907 e. The number of nitrogens with two attached hydrogens (primary N) is 1. The minimum Gasteiger partial charge on any atom is -0.397 e. The van der Waals surface area contributed by atoms with Gasteiger partial charge in [-0.15, -0.1) is 11.3 Å². The second-order valence-electron chi connectivity index (χ2n) is 6.13. The van der Waals surface area contributed by atoms with Gasteiger partial charge in [-0.2, -0.15) is 0 Å². The van der Waals surface area contributed by atoms with E-state index in [4.69, 9.17) is 5.73 Å². The SMILES string of the molecule is CCC(CC)N(CC(C)C)c1cc2nc(C)sc2cc1N. The molecule has 2 N–H and O–H groups in total. The normalized spacial score (nSPS) is 11.8.